The number of carbonyl (C=O) groups is 1. The molecule has 0 saturated carbocycles. The van der Waals surface area contributed by atoms with E-state index in [1.165, 1.54) is 6.92 Å². The summed E-state index contributed by atoms with van der Waals surface area (Å²) in [4.78, 5) is 11.2. The number of ether oxygens (including phenoxy) is 2. The Hall–Kier alpha value is -1.59. The molecule has 0 radical (unpaired) electrons. The van der Waals surface area contributed by atoms with Crippen LogP contribution in [0.3, 0.4) is 0 Å². The zero-order valence-corrected chi connectivity index (χ0v) is 11.6. The molecule has 19 heavy (non-hydrogen) atoms. The van der Waals surface area contributed by atoms with Crippen molar-refractivity contribution < 1.29 is 14.3 Å². The fourth-order valence-electron chi connectivity index (χ4n) is 1.64. The third kappa shape index (κ3) is 5.72. The van der Waals surface area contributed by atoms with Crippen molar-refractivity contribution in [2.45, 2.75) is 13.3 Å². The van der Waals surface area contributed by atoms with Gasteiger partial charge in [-0.05, 0) is 31.5 Å². The first kappa shape index (κ1) is 15.5. The third-order valence-electron chi connectivity index (χ3n) is 2.66. The van der Waals surface area contributed by atoms with Gasteiger partial charge in [-0.15, -0.1) is 0 Å². The molecule has 1 aromatic carbocycles. The monoisotopic (exact) mass is 266 g/mol. The predicted octanol–water partition coefficient (Wildman–Crippen LogP) is 1.94. The van der Waals surface area contributed by atoms with E-state index >= 15 is 0 Å². The van der Waals surface area contributed by atoms with Crippen LogP contribution in [0.25, 0.3) is 0 Å². The van der Waals surface area contributed by atoms with Crippen molar-refractivity contribution in [3.8, 4) is 0 Å². The molecule has 0 aliphatic heterocycles. The van der Waals surface area contributed by atoms with E-state index in [1.54, 1.807) is 19.2 Å². The van der Waals surface area contributed by atoms with E-state index in [4.69, 9.17) is 15.2 Å². The zero-order chi connectivity index (χ0) is 14.1. The summed E-state index contributed by atoms with van der Waals surface area (Å²) < 4.78 is 10.2. The average Bonchev–Trinajstić information content (AvgIpc) is 2.37. The Labute approximate surface area is 114 Å². The van der Waals surface area contributed by atoms with Crippen molar-refractivity contribution in [2.24, 2.45) is 0 Å². The lowest BCUT2D eigenvalue weighted by Crippen LogP contribution is -2.09. The molecule has 106 valence electrons. The summed E-state index contributed by atoms with van der Waals surface area (Å²) in [5.74, 6) is -0.0180. The fourth-order valence-corrected chi connectivity index (χ4v) is 1.64. The molecular formula is C14H22N2O3. The molecule has 0 spiro atoms. The number of carbonyl (C=O) groups excluding carboxylic acids is 1. The molecule has 0 atom stereocenters. The topological polar surface area (TPSA) is 73.6 Å². The standard InChI is InChI=1S/C14H22N2O3/c1-11(17)13-5-4-12(10-14(13)15)16-6-3-7-19-9-8-18-2/h4-5,10,16H,3,6-9,15H2,1-2H3. The van der Waals surface area contributed by atoms with E-state index in [1.807, 2.05) is 6.07 Å². The number of nitrogens with two attached hydrogens (primary N) is 1. The van der Waals surface area contributed by atoms with E-state index in [-0.39, 0.29) is 5.78 Å². The van der Waals surface area contributed by atoms with Crippen LogP contribution < -0.4 is 11.1 Å². The van der Waals surface area contributed by atoms with E-state index in [0.717, 1.165) is 18.7 Å². The largest absolute Gasteiger partial charge is 0.398 e. The minimum Gasteiger partial charge on any atom is -0.398 e. The molecular weight excluding hydrogens is 244 g/mol. The molecule has 3 N–H and O–H groups in total. The molecule has 0 unspecified atom stereocenters. The van der Waals surface area contributed by atoms with Gasteiger partial charge in [0.15, 0.2) is 5.78 Å². The SMILES string of the molecule is COCCOCCCNc1ccc(C(C)=O)c(N)c1. The first-order valence-corrected chi connectivity index (χ1v) is 6.36. The van der Waals surface area contributed by atoms with Crippen LogP contribution in [0.4, 0.5) is 11.4 Å². The van der Waals surface area contributed by atoms with Crippen LogP contribution in [0, 0.1) is 0 Å². The van der Waals surface area contributed by atoms with Crippen LogP contribution in [0.15, 0.2) is 18.2 Å². The van der Waals surface area contributed by atoms with E-state index in [0.29, 0.717) is 31.1 Å². The highest BCUT2D eigenvalue weighted by Gasteiger charge is 2.04. The Balaban J connectivity index is 2.26. The van der Waals surface area contributed by atoms with Gasteiger partial charge in [0.2, 0.25) is 0 Å². The average molecular weight is 266 g/mol. The Kier molecular flexibility index (Phi) is 6.92. The Morgan fingerprint density at radius 1 is 1.32 bits per heavy atom. The second-order valence-corrected chi connectivity index (χ2v) is 4.24. The maximum Gasteiger partial charge on any atom is 0.161 e. The van der Waals surface area contributed by atoms with Crippen molar-refractivity contribution in [1.82, 2.24) is 0 Å². The molecule has 0 fully saturated rings. The maximum absolute atomic E-state index is 11.2. The van der Waals surface area contributed by atoms with Crippen molar-refractivity contribution >= 4 is 17.2 Å². The molecule has 1 aromatic rings. The van der Waals surface area contributed by atoms with Gasteiger partial charge < -0.3 is 20.5 Å². The summed E-state index contributed by atoms with van der Waals surface area (Å²) in [5, 5.41) is 3.24. The smallest absolute Gasteiger partial charge is 0.161 e. The second kappa shape index (κ2) is 8.50. The number of nitrogen functional groups attached to an aromatic ring is 1. The Morgan fingerprint density at radius 3 is 2.74 bits per heavy atom. The van der Waals surface area contributed by atoms with Gasteiger partial charge in [0.25, 0.3) is 0 Å². The van der Waals surface area contributed by atoms with Crippen molar-refractivity contribution in [3.63, 3.8) is 0 Å². The van der Waals surface area contributed by atoms with Gasteiger partial charge in [-0.1, -0.05) is 0 Å². The van der Waals surface area contributed by atoms with Crippen LogP contribution in [-0.2, 0) is 9.47 Å². The van der Waals surface area contributed by atoms with Crippen molar-refractivity contribution in [1.29, 1.82) is 0 Å². The number of anilines is 2. The number of hydrogen-bond acceptors (Lipinski definition) is 5. The van der Waals surface area contributed by atoms with Crippen LogP contribution in [-0.4, -0.2) is 39.3 Å². The minimum atomic E-state index is -0.0180. The zero-order valence-electron chi connectivity index (χ0n) is 11.6. The molecule has 0 aliphatic carbocycles. The molecule has 5 nitrogen and oxygen atoms in total. The molecule has 5 heteroatoms. The lowest BCUT2D eigenvalue weighted by molar-refractivity contribution is 0.0705. The molecule has 0 amide bonds. The van der Waals surface area contributed by atoms with Gasteiger partial charge in [0, 0.05) is 37.2 Å². The first-order chi connectivity index (χ1) is 9.15. The van der Waals surface area contributed by atoms with Gasteiger partial charge in [-0.2, -0.15) is 0 Å². The number of benzene rings is 1. The van der Waals surface area contributed by atoms with Crippen LogP contribution >= 0.6 is 0 Å². The minimum absolute atomic E-state index is 0.0180. The van der Waals surface area contributed by atoms with Crippen LogP contribution in [0.1, 0.15) is 23.7 Å². The summed E-state index contributed by atoms with van der Waals surface area (Å²) in [6, 6.07) is 5.39. The van der Waals surface area contributed by atoms with Crippen LogP contribution in [0.2, 0.25) is 0 Å². The Morgan fingerprint density at radius 2 is 2.11 bits per heavy atom. The van der Waals surface area contributed by atoms with Crippen molar-refractivity contribution in [3.05, 3.63) is 23.8 Å². The van der Waals surface area contributed by atoms with Crippen molar-refractivity contribution in [2.75, 3.05) is 44.5 Å². The number of Topliss-reactive ketones (excluding diaryl/α,β-unsaturated/α-hetero) is 1. The highest BCUT2D eigenvalue weighted by Crippen LogP contribution is 2.18. The molecule has 0 bridgehead atoms. The lowest BCUT2D eigenvalue weighted by atomic mass is 10.1. The van der Waals surface area contributed by atoms with Gasteiger partial charge in [0.1, 0.15) is 0 Å². The number of methoxy groups -OCH3 is 1. The van der Waals surface area contributed by atoms with Gasteiger partial charge in [-0.3, -0.25) is 4.79 Å². The fraction of sp³-hybridized carbons (Fsp3) is 0.500. The van der Waals surface area contributed by atoms with Gasteiger partial charge in [0.05, 0.1) is 13.2 Å². The molecule has 0 saturated heterocycles. The maximum atomic E-state index is 11.2. The number of rotatable bonds is 9. The first-order valence-electron chi connectivity index (χ1n) is 6.36. The highest BCUT2D eigenvalue weighted by atomic mass is 16.5. The third-order valence-corrected chi connectivity index (χ3v) is 2.66. The summed E-state index contributed by atoms with van der Waals surface area (Å²) >= 11 is 0. The number of hydrogen-bond donors (Lipinski definition) is 2. The van der Waals surface area contributed by atoms with Crippen LogP contribution in [0.5, 0.6) is 0 Å². The van der Waals surface area contributed by atoms with E-state index < -0.39 is 0 Å². The summed E-state index contributed by atoms with van der Waals surface area (Å²) in [5.41, 5.74) is 7.80. The quantitative estimate of drug-likeness (QED) is 0.406. The normalized spacial score (nSPS) is 10.4. The molecule has 0 heterocycles. The van der Waals surface area contributed by atoms with Gasteiger partial charge >= 0.3 is 0 Å². The molecule has 0 aliphatic rings. The number of ketones is 1. The summed E-state index contributed by atoms with van der Waals surface area (Å²) in [6.07, 6.45) is 0.901. The number of nitrogens with one attached hydrogen (secondary N) is 1. The highest BCUT2D eigenvalue weighted by molar-refractivity contribution is 5.99. The summed E-state index contributed by atoms with van der Waals surface area (Å²) in [7, 11) is 1.65. The molecule has 1 rings (SSSR count). The predicted molar refractivity (Wildman–Crippen MR) is 76.7 cm³/mol. The van der Waals surface area contributed by atoms with E-state index in [2.05, 4.69) is 5.32 Å². The summed E-state index contributed by atoms with van der Waals surface area (Å²) in [6.45, 7) is 4.24. The Bertz CT molecular complexity index is 408. The molecule has 0 aromatic heterocycles. The second-order valence-electron chi connectivity index (χ2n) is 4.24. The lowest BCUT2D eigenvalue weighted by Gasteiger charge is -2.09. The van der Waals surface area contributed by atoms with Gasteiger partial charge in [-0.25, -0.2) is 0 Å². The van der Waals surface area contributed by atoms with E-state index in [9.17, 15) is 4.79 Å².